The summed E-state index contributed by atoms with van der Waals surface area (Å²) in [7, 11) is 0. The van der Waals surface area contributed by atoms with Gasteiger partial charge in [0.2, 0.25) is 0 Å². The van der Waals surface area contributed by atoms with E-state index in [0.717, 1.165) is 33.7 Å². The molecule has 4 nitrogen and oxygen atoms in total. The summed E-state index contributed by atoms with van der Waals surface area (Å²) in [4.78, 5) is 16.9. The van der Waals surface area contributed by atoms with Gasteiger partial charge in [-0.15, -0.1) is 11.3 Å². The molecule has 4 aromatic carbocycles. The van der Waals surface area contributed by atoms with Crippen LogP contribution in [-0.2, 0) is 0 Å². The van der Waals surface area contributed by atoms with Crippen molar-refractivity contribution in [3.05, 3.63) is 71.6 Å². The molecule has 172 valence electrons. The van der Waals surface area contributed by atoms with E-state index in [0.29, 0.717) is 11.8 Å². The molecule has 3 aromatic heterocycles. The van der Waals surface area contributed by atoms with Crippen LogP contribution in [0.1, 0.15) is 51.2 Å². The predicted molar refractivity (Wildman–Crippen MR) is 150 cm³/mol. The summed E-state index contributed by atoms with van der Waals surface area (Å²) < 4.78 is 1.30. The summed E-state index contributed by atoms with van der Waals surface area (Å²) in [6.45, 7) is 8.71. The Hall–Kier alpha value is -3.70. The standard InChI is InChI=1S/C30H26N4S/c1-15(2)29-31-24-10-7-19-13-17(5-8-20(19)25(24)32-29)18-6-9-21-23(14-18)28-22(11-12-35-28)27-26(21)33-30(34-27)16(3)4/h5-16H,1-4H3,(H,31,32)(H,33,34). The number of H-pyrrole nitrogens is 2. The summed E-state index contributed by atoms with van der Waals surface area (Å²) in [6.07, 6.45) is 0. The molecule has 7 rings (SSSR count). The van der Waals surface area contributed by atoms with Gasteiger partial charge in [0.05, 0.1) is 22.1 Å². The first-order valence-corrected chi connectivity index (χ1v) is 13.1. The molecule has 3 heterocycles. The van der Waals surface area contributed by atoms with Crippen LogP contribution in [0.15, 0.2) is 60.0 Å². The van der Waals surface area contributed by atoms with Crippen LogP contribution >= 0.6 is 11.3 Å². The monoisotopic (exact) mass is 474 g/mol. The third kappa shape index (κ3) is 3.04. The van der Waals surface area contributed by atoms with Gasteiger partial charge in [-0.25, -0.2) is 9.97 Å². The number of imidazole rings is 2. The molecule has 0 amide bonds. The number of hydrogen-bond acceptors (Lipinski definition) is 3. The van der Waals surface area contributed by atoms with E-state index >= 15 is 0 Å². The minimum absolute atomic E-state index is 0.362. The number of rotatable bonds is 3. The molecule has 0 fully saturated rings. The van der Waals surface area contributed by atoms with Gasteiger partial charge in [0.25, 0.3) is 0 Å². The highest BCUT2D eigenvalue weighted by molar-refractivity contribution is 7.18. The number of aromatic amines is 2. The Morgan fingerprint density at radius 3 is 2.17 bits per heavy atom. The van der Waals surface area contributed by atoms with E-state index in [1.165, 1.54) is 42.8 Å². The fourth-order valence-electron chi connectivity index (χ4n) is 5.17. The largest absolute Gasteiger partial charge is 0.341 e. The minimum Gasteiger partial charge on any atom is -0.341 e. The van der Waals surface area contributed by atoms with Gasteiger partial charge in [-0.3, -0.25) is 0 Å². The van der Waals surface area contributed by atoms with E-state index in [9.17, 15) is 0 Å². The molecule has 7 aromatic rings. The van der Waals surface area contributed by atoms with Crippen molar-refractivity contribution in [2.75, 3.05) is 0 Å². The second kappa shape index (κ2) is 7.40. The van der Waals surface area contributed by atoms with E-state index < -0.39 is 0 Å². The zero-order valence-electron chi connectivity index (χ0n) is 20.2. The predicted octanol–water partition coefficient (Wildman–Crippen LogP) is 8.87. The Labute approximate surface area is 207 Å². The van der Waals surface area contributed by atoms with Crippen molar-refractivity contribution in [3.63, 3.8) is 0 Å². The molecular formula is C30H26N4S. The highest BCUT2D eigenvalue weighted by Gasteiger charge is 2.16. The van der Waals surface area contributed by atoms with E-state index in [1.54, 1.807) is 11.3 Å². The second-order valence-corrected chi connectivity index (χ2v) is 11.0. The van der Waals surface area contributed by atoms with Gasteiger partial charge in [-0.05, 0) is 46.2 Å². The van der Waals surface area contributed by atoms with Crippen molar-refractivity contribution in [3.8, 4) is 11.1 Å². The van der Waals surface area contributed by atoms with Gasteiger partial charge in [0.15, 0.2) is 0 Å². The number of benzene rings is 4. The van der Waals surface area contributed by atoms with Crippen LogP contribution in [0.4, 0.5) is 0 Å². The van der Waals surface area contributed by atoms with Crippen molar-refractivity contribution in [1.29, 1.82) is 0 Å². The minimum atomic E-state index is 0.362. The van der Waals surface area contributed by atoms with Gasteiger partial charge < -0.3 is 9.97 Å². The fourth-order valence-corrected chi connectivity index (χ4v) is 6.10. The van der Waals surface area contributed by atoms with Gasteiger partial charge in [0.1, 0.15) is 11.6 Å². The van der Waals surface area contributed by atoms with Crippen LogP contribution in [0, 0.1) is 0 Å². The van der Waals surface area contributed by atoms with Gasteiger partial charge in [0, 0.05) is 38.1 Å². The van der Waals surface area contributed by atoms with Crippen LogP contribution in [0.3, 0.4) is 0 Å². The van der Waals surface area contributed by atoms with Crippen molar-refractivity contribution < 1.29 is 0 Å². The fraction of sp³-hybridized carbons (Fsp3) is 0.200. The number of fused-ring (bicyclic) bond motifs is 9. The van der Waals surface area contributed by atoms with Crippen LogP contribution in [0.5, 0.6) is 0 Å². The molecule has 0 aliphatic rings. The number of aromatic nitrogens is 4. The number of hydrogen-bond donors (Lipinski definition) is 2. The van der Waals surface area contributed by atoms with E-state index in [1.807, 2.05) is 0 Å². The van der Waals surface area contributed by atoms with Gasteiger partial charge >= 0.3 is 0 Å². The molecule has 5 heteroatoms. The molecule has 0 aliphatic heterocycles. The first-order valence-electron chi connectivity index (χ1n) is 12.2. The molecule has 0 bridgehead atoms. The van der Waals surface area contributed by atoms with Crippen LogP contribution in [0.25, 0.3) is 64.8 Å². The summed E-state index contributed by atoms with van der Waals surface area (Å²) >= 11 is 1.80. The Balaban J connectivity index is 1.43. The van der Waals surface area contributed by atoms with Crippen molar-refractivity contribution in [1.82, 2.24) is 19.9 Å². The molecule has 0 saturated heterocycles. The summed E-state index contributed by atoms with van der Waals surface area (Å²) in [5, 5.41) is 8.37. The number of nitrogens with one attached hydrogen (secondary N) is 2. The van der Waals surface area contributed by atoms with E-state index in [-0.39, 0.29) is 0 Å². The zero-order chi connectivity index (χ0) is 23.8. The molecule has 0 saturated carbocycles. The number of nitrogens with zero attached hydrogens (tertiary/aromatic N) is 2. The normalized spacial score (nSPS) is 12.5. The van der Waals surface area contributed by atoms with E-state index in [2.05, 4.69) is 97.6 Å². The molecular weight excluding hydrogens is 448 g/mol. The lowest BCUT2D eigenvalue weighted by molar-refractivity contribution is 0.799. The van der Waals surface area contributed by atoms with Crippen LogP contribution in [0.2, 0.25) is 0 Å². The lowest BCUT2D eigenvalue weighted by Gasteiger charge is -2.08. The maximum absolute atomic E-state index is 4.96. The van der Waals surface area contributed by atoms with Crippen LogP contribution < -0.4 is 0 Å². The Bertz CT molecular complexity index is 1920. The maximum atomic E-state index is 4.96. The highest BCUT2D eigenvalue weighted by Crippen LogP contribution is 2.40. The lowest BCUT2D eigenvalue weighted by Crippen LogP contribution is -1.88. The summed E-state index contributed by atoms with van der Waals surface area (Å²) in [5.74, 6) is 2.82. The Kier molecular flexibility index (Phi) is 4.37. The third-order valence-corrected chi connectivity index (χ3v) is 8.04. The average molecular weight is 475 g/mol. The van der Waals surface area contributed by atoms with E-state index in [4.69, 9.17) is 9.97 Å². The average Bonchev–Trinajstić information content (AvgIpc) is 3.61. The van der Waals surface area contributed by atoms with Crippen molar-refractivity contribution >= 4 is 65.0 Å². The molecule has 0 atom stereocenters. The van der Waals surface area contributed by atoms with Crippen molar-refractivity contribution in [2.45, 2.75) is 39.5 Å². The first-order chi connectivity index (χ1) is 17.0. The molecule has 0 aliphatic carbocycles. The second-order valence-electron chi connectivity index (χ2n) is 10.1. The smallest absolute Gasteiger partial charge is 0.109 e. The molecule has 0 spiro atoms. The highest BCUT2D eigenvalue weighted by atomic mass is 32.1. The summed E-state index contributed by atoms with van der Waals surface area (Å²) in [6, 6.07) is 20.1. The molecule has 2 N–H and O–H groups in total. The molecule has 35 heavy (non-hydrogen) atoms. The number of thiophene rings is 1. The Morgan fingerprint density at radius 2 is 1.37 bits per heavy atom. The van der Waals surface area contributed by atoms with Crippen LogP contribution in [-0.4, -0.2) is 19.9 Å². The molecule has 0 unspecified atom stereocenters. The maximum Gasteiger partial charge on any atom is 0.109 e. The molecule has 0 radical (unpaired) electrons. The topological polar surface area (TPSA) is 57.4 Å². The van der Waals surface area contributed by atoms with Crippen molar-refractivity contribution in [2.24, 2.45) is 0 Å². The lowest BCUT2D eigenvalue weighted by atomic mass is 9.97. The van der Waals surface area contributed by atoms with Gasteiger partial charge in [-0.1, -0.05) is 58.0 Å². The SMILES string of the molecule is CC(C)c1nc2ccc3cc(-c4ccc5c(c4)c4sccc4c4nc(C(C)C)[nH]c54)ccc3c2[nH]1. The first kappa shape index (κ1) is 20.7. The third-order valence-electron chi connectivity index (χ3n) is 7.09. The van der Waals surface area contributed by atoms with Gasteiger partial charge in [-0.2, -0.15) is 0 Å². The quantitative estimate of drug-likeness (QED) is 0.269. The summed E-state index contributed by atoms with van der Waals surface area (Å²) in [5.41, 5.74) is 6.83. The Morgan fingerprint density at radius 1 is 0.657 bits per heavy atom. The zero-order valence-corrected chi connectivity index (χ0v) is 21.0.